The maximum absolute atomic E-state index is 11.1. The van der Waals surface area contributed by atoms with E-state index in [1.165, 1.54) is 11.9 Å². The molecule has 0 atom stereocenters. The van der Waals surface area contributed by atoms with Gasteiger partial charge in [-0.25, -0.2) is 0 Å². The van der Waals surface area contributed by atoms with E-state index in [4.69, 9.17) is 10.5 Å². The van der Waals surface area contributed by atoms with E-state index in [9.17, 15) is 4.79 Å². The number of esters is 1. The number of nitrogens with one attached hydrogen (secondary N) is 1. The molecule has 0 aromatic heterocycles. The smallest absolute Gasteiger partial charge is 0.306 e. The van der Waals surface area contributed by atoms with Crippen molar-refractivity contribution in [1.82, 2.24) is 4.72 Å². The number of hydrogen-bond donors (Lipinski definition) is 2. The molecule has 0 bridgehead atoms. The molecule has 0 aromatic rings. The van der Waals surface area contributed by atoms with Gasteiger partial charge in [0.2, 0.25) is 0 Å². The van der Waals surface area contributed by atoms with Gasteiger partial charge in [0.15, 0.2) is 0 Å². The van der Waals surface area contributed by atoms with Crippen molar-refractivity contribution in [1.29, 1.82) is 0 Å². The van der Waals surface area contributed by atoms with Gasteiger partial charge >= 0.3 is 5.97 Å². The molecule has 3 N–H and O–H groups in total. The third-order valence-electron chi connectivity index (χ3n) is 1.66. The molecule has 0 amide bonds. The van der Waals surface area contributed by atoms with Gasteiger partial charge < -0.3 is 10.5 Å². The van der Waals surface area contributed by atoms with Crippen molar-refractivity contribution >= 4 is 42.7 Å². The van der Waals surface area contributed by atoms with Gasteiger partial charge in [0.25, 0.3) is 0 Å². The predicted octanol–water partition coefficient (Wildman–Crippen LogP) is 1.76. The number of hydrogen-bond acceptors (Lipinski definition) is 5. The topological polar surface area (TPSA) is 64.3 Å². The summed E-state index contributed by atoms with van der Waals surface area (Å²) in [6, 6.07) is 0. The second kappa shape index (κ2) is 17.7. The van der Waals surface area contributed by atoms with Crippen molar-refractivity contribution in [3.05, 3.63) is 0 Å². The lowest BCUT2D eigenvalue weighted by Crippen LogP contribution is -2.08. The molecule has 7 heteroatoms. The summed E-state index contributed by atoms with van der Waals surface area (Å²) in [6.45, 7) is 1.25. The number of nitrogens with two attached hydrogens (primary N) is 1. The third kappa shape index (κ3) is 16.7. The summed E-state index contributed by atoms with van der Waals surface area (Å²) in [4.78, 5) is 11.1. The normalized spacial score (nSPS) is 8.88. The van der Waals surface area contributed by atoms with Crippen molar-refractivity contribution < 1.29 is 9.53 Å². The number of rotatable bonds is 9. The number of carbonyl (C=O) groups is 1. The van der Waals surface area contributed by atoms with E-state index in [-0.39, 0.29) is 30.8 Å². The molecule has 0 unspecified atom stereocenters. The largest absolute Gasteiger partial charge is 0.466 e. The first-order valence-corrected chi connectivity index (χ1v) is 5.94. The molecule has 0 aromatic carbocycles. The summed E-state index contributed by atoms with van der Waals surface area (Å²) >= 11 is 1.52. The van der Waals surface area contributed by atoms with Crippen LogP contribution in [-0.2, 0) is 9.53 Å². The summed E-state index contributed by atoms with van der Waals surface area (Å²) in [5, 5.41) is 0. The van der Waals surface area contributed by atoms with Crippen LogP contribution < -0.4 is 10.5 Å². The Labute approximate surface area is 114 Å². The van der Waals surface area contributed by atoms with E-state index >= 15 is 0 Å². The Balaban J connectivity index is -0.000000845. The summed E-state index contributed by atoms with van der Waals surface area (Å²) in [5.41, 5.74) is 5.33. The molecule has 16 heavy (non-hydrogen) atoms. The molecule has 0 spiro atoms. The number of carbonyl (C=O) groups excluding carboxylic acids is 1. The SMILES string of the molecule is CNSCCC(=O)OCCCCCN.Cl.Cl. The van der Waals surface area contributed by atoms with E-state index in [1.54, 1.807) is 0 Å². The van der Waals surface area contributed by atoms with Crippen LogP contribution in [0, 0.1) is 0 Å². The lowest BCUT2D eigenvalue weighted by molar-refractivity contribution is -0.143. The van der Waals surface area contributed by atoms with Crippen LogP contribution in [0.2, 0.25) is 0 Å². The predicted molar refractivity (Wildman–Crippen MR) is 74.5 cm³/mol. The van der Waals surface area contributed by atoms with Crippen molar-refractivity contribution in [3.63, 3.8) is 0 Å². The van der Waals surface area contributed by atoms with Gasteiger partial charge in [0, 0.05) is 5.75 Å². The molecule has 0 aliphatic carbocycles. The van der Waals surface area contributed by atoms with E-state index in [0.29, 0.717) is 19.6 Å². The lowest BCUT2D eigenvalue weighted by atomic mass is 10.2. The van der Waals surface area contributed by atoms with Crippen LogP contribution in [0.1, 0.15) is 25.7 Å². The van der Waals surface area contributed by atoms with E-state index in [0.717, 1.165) is 25.0 Å². The fourth-order valence-corrected chi connectivity index (χ4v) is 1.39. The van der Waals surface area contributed by atoms with E-state index in [1.807, 2.05) is 7.05 Å². The summed E-state index contributed by atoms with van der Waals surface area (Å²) in [5.74, 6) is 0.651. The van der Waals surface area contributed by atoms with Crippen LogP contribution in [0.25, 0.3) is 0 Å². The highest BCUT2D eigenvalue weighted by Crippen LogP contribution is 1.99. The molecule has 0 aliphatic heterocycles. The van der Waals surface area contributed by atoms with Gasteiger partial charge in [-0.1, -0.05) is 11.9 Å². The van der Waals surface area contributed by atoms with Gasteiger partial charge in [0.05, 0.1) is 13.0 Å². The van der Waals surface area contributed by atoms with Gasteiger partial charge in [-0.2, -0.15) is 0 Å². The summed E-state index contributed by atoms with van der Waals surface area (Å²) in [7, 11) is 1.84. The van der Waals surface area contributed by atoms with Gasteiger partial charge in [-0.15, -0.1) is 24.8 Å². The molecule has 0 saturated heterocycles. The van der Waals surface area contributed by atoms with Crippen molar-refractivity contribution in [3.8, 4) is 0 Å². The Morgan fingerprint density at radius 3 is 2.56 bits per heavy atom. The Morgan fingerprint density at radius 1 is 1.31 bits per heavy atom. The lowest BCUT2D eigenvalue weighted by Gasteiger charge is -2.03. The minimum atomic E-state index is -0.111. The highest BCUT2D eigenvalue weighted by Gasteiger charge is 2.01. The van der Waals surface area contributed by atoms with Crippen LogP contribution in [0.3, 0.4) is 0 Å². The standard InChI is InChI=1S/C9H20N2O2S.2ClH/c1-11-14-8-5-9(12)13-7-4-2-3-6-10;;/h11H,2-8,10H2,1H3;2*1H. The van der Waals surface area contributed by atoms with Crippen LogP contribution >= 0.6 is 36.8 Å². The van der Waals surface area contributed by atoms with Crippen LogP contribution in [0.5, 0.6) is 0 Å². The van der Waals surface area contributed by atoms with Gasteiger partial charge in [-0.3, -0.25) is 9.52 Å². The van der Waals surface area contributed by atoms with Crippen molar-refractivity contribution in [2.75, 3.05) is 26.0 Å². The molecule has 0 heterocycles. The maximum atomic E-state index is 11.1. The van der Waals surface area contributed by atoms with Crippen LogP contribution in [0.15, 0.2) is 0 Å². The Bertz CT molecular complexity index is 153. The van der Waals surface area contributed by atoms with E-state index in [2.05, 4.69) is 4.72 Å². The quantitative estimate of drug-likeness (QED) is 0.385. The summed E-state index contributed by atoms with van der Waals surface area (Å²) in [6.07, 6.45) is 3.44. The minimum Gasteiger partial charge on any atom is -0.466 e. The number of halogens is 2. The fraction of sp³-hybridized carbons (Fsp3) is 0.889. The first kappa shape index (κ1) is 21.6. The Hall–Kier alpha value is 0.320. The van der Waals surface area contributed by atoms with Crippen LogP contribution in [-0.4, -0.2) is 31.9 Å². The zero-order valence-corrected chi connectivity index (χ0v) is 12.0. The molecule has 0 aliphatic rings. The van der Waals surface area contributed by atoms with Crippen molar-refractivity contribution in [2.45, 2.75) is 25.7 Å². The molecule has 0 saturated carbocycles. The summed E-state index contributed by atoms with van der Waals surface area (Å²) < 4.78 is 7.92. The Kier molecular flexibility index (Phi) is 23.9. The molecule has 4 nitrogen and oxygen atoms in total. The minimum absolute atomic E-state index is 0. The molecule has 100 valence electrons. The maximum Gasteiger partial charge on any atom is 0.306 e. The van der Waals surface area contributed by atoms with Crippen molar-refractivity contribution in [2.24, 2.45) is 5.73 Å². The first-order chi connectivity index (χ1) is 6.81. The van der Waals surface area contributed by atoms with Crippen LogP contribution in [0.4, 0.5) is 0 Å². The zero-order valence-electron chi connectivity index (χ0n) is 9.57. The molecule has 0 rings (SSSR count). The average molecular weight is 293 g/mol. The average Bonchev–Trinajstić information content (AvgIpc) is 2.18. The highest BCUT2D eigenvalue weighted by molar-refractivity contribution is 7.97. The molecular formula is C9H22Cl2N2O2S. The molecule has 0 radical (unpaired) electrons. The Morgan fingerprint density at radius 2 is 2.00 bits per heavy atom. The second-order valence-electron chi connectivity index (χ2n) is 2.87. The highest BCUT2D eigenvalue weighted by atomic mass is 35.5. The van der Waals surface area contributed by atoms with Gasteiger partial charge in [0.1, 0.15) is 0 Å². The molecule has 0 fully saturated rings. The molecular weight excluding hydrogens is 271 g/mol. The monoisotopic (exact) mass is 292 g/mol. The fourth-order valence-electron chi connectivity index (χ4n) is 0.918. The second-order valence-corrected chi connectivity index (χ2v) is 3.98. The third-order valence-corrected chi connectivity index (χ3v) is 2.36. The van der Waals surface area contributed by atoms with Gasteiger partial charge in [-0.05, 0) is 32.9 Å². The first-order valence-electron chi connectivity index (χ1n) is 4.95. The van der Waals surface area contributed by atoms with E-state index < -0.39 is 0 Å². The number of unbranched alkanes of at least 4 members (excludes halogenated alkanes) is 2. The zero-order chi connectivity index (χ0) is 10.6. The number of ether oxygens (including phenoxy) is 1.